The molecule has 0 radical (unpaired) electrons. The number of rotatable bonds is 5. The van der Waals surface area contributed by atoms with Crippen LogP contribution in [0.1, 0.15) is 24.0 Å². The fraction of sp³-hybridized carbons (Fsp3) is 0.500. The lowest BCUT2D eigenvalue weighted by atomic mass is 10.2. The van der Waals surface area contributed by atoms with Crippen molar-refractivity contribution in [2.75, 3.05) is 6.54 Å². The number of aryl methyl sites for hydroxylation is 1. The summed E-state index contributed by atoms with van der Waals surface area (Å²) >= 11 is 1.70. The second-order valence-electron chi connectivity index (χ2n) is 3.06. The topological polar surface area (TPSA) is 24.9 Å². The Balaban J connectivity index is 2.24. The van der Waals surface area contributed by atoms with Crippen LogP contribution in [0.2, 0.25) is 0 Å². The molecule has 1 rings (SSSR count). The summed E-state index contributed by atoms with van der Waals surface area (Å²) in [6, 6.07) is 0. The first kappa shape index (κ1) is 10.4. The summed E-state index contributed by atoms with van der Waals surface area (Å²) in [5.74, 6) is 0. The average Bonchev–Trinajstić information content (AvgIpc) is 2.51. The Morgan fingerprint density at radius 2 is 2.46 bits per heavy atom. The molecule has 1 aromatic heterocycles. The smallest absolute Gasteiger partial charge is 0.0897 e. The van der Waals surface area contributed by atoms with Gasteiger partial charge in [0.05, 0.1) is 10.7 Å². The SMILES string of the molecule is C=C(CC)CNCc1csc(C)n1. The van der Waals surface area contributed by atoms with E-state index in [-0.39, 0.29) is 0 Å². The van der Waals surface area contributed by atoms with Crippen LogP contribution in [0.5, 0.6) is 0 Å². The van der Waals surface area contributed by atoms with Crippen molar-refractivity contribution < 1.29 is 0 Å². The van der Waals surface area contributed by atoms with Crippen LogP contribution in [0, 0.1) is 6.92 Å². The van der Waals surface area contributed by atoms with E-state index in [9.17, 15) is 0 Å². The number of aromatic nitrogens is 1. The van der Waals surface area contributed by atoms with E-state index in [1.165, 1.54) is 5.57 Å². The van der Waals surface area contributed by atoms with Crippen molar-refractivity contribution in [1.82, 2.24) is 10.3 Å². The van der Waals surface area contributed by atoms with Crippen LogP contribution in [0.4, 0.5) is 0 Å². The molecule has 0 unspecified atom stereocenters. The Morgan fingerprint density at radius 1 is 1.69 bits per heavy atom. The second kappa shape index (κ2) is 5.14. The van der Waals surface area contributed by atoms with Crippen molar-refractivity contribution in [3.8, 4) is 0 Å². The number of hydrogen-bond acceptors (Lipinski definition) is 3. The van der Waals surface area contributed by atoms with Gasteiger partial charge >= 0.3 is 0 Å². The molecule has 1 N–H and O–H groups in total. The molecule has 0 aliphatic carbocycles. The molecule has 0 aromatic carbocycles. The van der Waals surface area contributed by atoms with E-state index in [1.54, 1.807) is 11.3 Å². The van der Waals surface area contributed by atoms with Gasteiger partial charge in [-0.3, -0.25) is 0 Å². The van der Waals surface area contributed by atoms with Crippen molar-refractivity contribution in [2.45, 2.75) is 26.8 Å². The molecule has 3 heteroatoms. The lowest BCUT2D eigenvalue weighted by Gasteiger charge is -2.02. The molecule has 0 aliphatic heterocycles. The zero-order chi connectivity index (χ0) is 9.68. The third-order valence-electron chi connectivity index (χ3n) is 1.85. The fourth-order valence-electron chi connectivity index (χ4n) is 0.982. The summed E-state index contributed by atoms with van der Waals surface area (Å²) < 4.78 is 0. The predicted molar refractivity (Wildman–Crippen MR) is 58.0 cm³/mol. The van der Waals surface area contributed by atoms with E-state index in [4.69, 9.17) is 0 Å². The molecule has 0 aliphatic rings. The lowest BCUT2D eigenvalue weighted by Crippen LogP contribution is -2.16. The van der Waals surface area contributed by atoms with Crippen molar-refractivity contribution in [3.05, 3.63) is 28.2 Å². The maximum Gasteiger partial charge on any atom is 0.0897 e. The maximum atomic E-state index is 4.36. The molecule has 0 bridgehead atoms. The Morgan fingerprint density at radius 3 is 3.00 bits per heavy atom. The van der Waals surface area contributed by atoms with Crippen molar-refractivity contribution >= 4 is 11.3 Å². The van der Waals surface area contributed by atoms with Crippen LogP contribution < -0.4 is 5.32 Å². The molecule has 0 amide bonds. The zero-order valence-corrected chi connectivity index (χ0v) is 9.08. The zero-order valence-electron chi connectivity index (χ0n) is 8.26. The highest BCUT2D eigenvalue weighted by Gasteiger charge is 1.97. The molecule has 72 valence electrons. The van der Waals surface area contributed by atoms with Gasteiger partial charge < -0.3 is 5.32 Å². The van der Waals surface area contributed by atoms with Gasteiger partial charge in [0.2, 0.25) is 0 Å². The highest BCUT2D eigenvalue weighted by molar-refractivity contribution is 7.09. The monoisotopic (exact) mass is 196 g/mol. The minimum Gasteiger partial charge on any atom is -0.307 e. The second-order valence-corrected chi connectivity index (χ2v) is 4.13. The molecule has 13 heavy (non-hydrogen) atoms. The van der Waals surface area contributed by atoms with Gasteiger partial charge in [0.15, 0.2) is 0 Å². The van der Waals surface area contributed by atoms with Gasteiger partial charge in [0.25, 0.3) is 0 Å². The quantitative estimate of drug-likeness (QED) is 0.732. The summed E-state index contributed by atoms with van der Waals surface area (Å²) in [5, 5.41) is 6.54. The molecule has 0 fully saturated rings. The molecule has 1 aromatic rings. The largest absolute Gasteiger partial charge is 0.307 e. The summed E-state index contributed by atoms with van der Waals surface area (Å²) in [6.07, 6.45) is 1.04. The number of hydrogen-bond donors (Lipinski definition) is 1. The molecule has 0 atom stereocenters. The Labute approximate surface area is 83.7 Å². The van der Waals surface area contributed by atoms with Crippen LogP contribution >= 0.6 is 11.3 Å². The summed E-state index contributed by atoms with van der Waals surface area (Å²) in [6.45, 7) is 9.82. The molecule has 0 saturated carbocycles. The Kier molecular flexibility index (Phi) is 4.12. The molecule has 0 saturated heterocycles. The summed E-state index contributed by atoms with van der Waals surface area (Å²) in [5.41, 5.74) is 2.37. The standard InChI is InChI=1S/C10H16N2S/c1-4-8(2)5-11-6-10-7-13-9(3)12-10/h7,11H,2,4-6H2,1,3H3. The van der Waals surface area contributed by atoms with Crippen LogP contribution in [0.15, 0.2) is 17.5 Å². The van der Waals surface area contributed by atoms with Crippen molar-refractivity contribution in [3.63, 3.8) is 0 Å². The van der Waals surface area contributed by atoms with Crippen LogP contribution in [0.3, 0.4) is 0 Å². The van der Waals surface area contributed by atoms with E-state index in [1.807, 2.05) is 6.92 Å². The summed E-state index contributed by atoms with van der Waals surface area (Å²) in [7, 11) is 0. The van der Waals surface area contributed by atoms with Gasteiger partial charge in [0.1, 0.15) is 0 Å². The minimum atomic E-state index is 0.851. The number of thiazole rings is 1. The predicted octanol–water partition coefficient (Wildman–Crippen LogP) is 2.51. The molecular formula is C10H16N2S. The van der Waals surface area contributed by atoms with Gasteiger partial charge in [0, 0.05) is 18.5 Å². The Bertz CT molecular complexity index is 278. The Hall–Kier alpha value is -0.670. The van der Waals surface area contributed by atoms with Crippen LogP contribution in [-0.2, 0) is 6.54 Å². The molecular weight excluding hydrogens is 180 g/mol. The van der Waals surface area contributed by atoms with E-state index in [0.717, 1.165) is 30.2 Å². The van der Waals surface area contributed by atoms with Gasteiger partial charge in [-0.1, -0.05) is 19.1 Å². The molecule has 0 spiro atoms. The van der Waals surface area contributed by atoms with Gasteiger partial charge in [-0.25, -0.2) is 4.98 Å². The number of nitrogens with zero attached hydrogens (tertiary/aromatic N) is 1. The van der Waals surface area contributed by atoms with Crippen molar-refractivity contribution in [2.24, 2.45) is 0 Å². The van der Waals surface area contributed by atoms with Crippen molar-refractivity contribution in [1.29, 1.82) is 0 Å². The van der Waals surface area contributed by atoms with E-state index >= 15 is 0 Å². The van der Waals surface area contributed by atoms with Crippen LogP contribution in [0.25, 0.3) is 0 Å². The first-order valence-electron chi connectivity index (χ1n) is 4.50. The third-order valence-corrected chi connectivity index (χ3v) is 2.67. The minimum absolute atomic E-state index is 0.851. The first-order valence-corrected chi connectivity index (χ1v) is 5.38. The first-order chi connectivity index (χ1) is 6.22. The van der Waals surface area contributed by atoms with Crippen LogP contribution in [-0.4, -0.2) is 11.5 Å². The highest BCUT2D eigenvalue weighted by Crippen LogP contribution is 2.07. The molecule has 2 nitrogen and oxygen atoms in total. The third kappa shape index (κ3) is 3.70. The van der Waals surface area contributed by atoms with E-state index in [2.05, 4.69) is 29.2 Å². The van der Waals surface area contributed by atoms with Gasteiger partial charge in [-0.05, 0) is 13.3 Å². The van der Waals surface area contributed by atoms with Gasteiger partial charge in [-0.15, -0.1) is 11.3 Å². The lowest BCUT2D eigenvalue weighted by molar-refractivity contribution is 0.714. The maximum absolute atomic E-state index is 4.36. The molecule has 1 heterocycles. The number of nitrogens with one attached hydrogen (secondary N) is 1. The fourth-order valence-corrected chi connectivity index (χ4v) is 1.59. The highest BCUT2D eigenvalue weighted by atomic mass is 32.1. The van der Waals surface area contributed by atoms with E-state index in [0.29, 0.717) is 0 Å². The van der Waals surface area contributed by atoms with Gasteiger partial charge in [-0.2, -0.15) is 0 Å². The normalized spacial score (nSPS) is 10.3. The summed E-state index contributed by atoms with van der Waals surface area (Å²) in [4.78, 5) is 4.36. The van der Waals surface area contributed by atoms with E-state index < -0.39 is 0 Å². The average molecular weight is 196 g/mol.